The Bertz CT molecular complexity index is 876. The highest BCUT2D eigenvalue weighted by molar-refractivity contribution is 9.10. The number of anilines is 1. The fraction of sp³-hybridized carbons (Fsp3) is 0.0833. The van der Waals surface area contributed by atoms with Crippen LogP contribution < -0.4 is 5.32 Å². The predicted octanol–water partition coefficient (Wildman–Crippen LogP) is 3.15. The Hall–Kier alpha value is -2.34. The lowest BCUT2D eigenvalue weighted by atomic mass is 10.3. The molecule has 0 fully saturated rings. The minimum Gasteiger partial charge on any atom is -0.296 e. The maximum atomic E-state index is 12.5. The van der Waals surface area contributed by atoms with Crippen LogP contribution in [0.25, 0.3) is 5.82 Å². The summed E-state index contributed by atoms with van der Waals surface area (Å²) in [5, 5.41) is 14.5. The van der Waals surface area contributed by atoms with Crippen molar-refractivity contribution in [1.82, 2.24) is 25.0 Å². The van der Waals surface area contributed by atoms with Crippen LogP contribution in [0, 0.1) is 0 Å². The second-order valence-electron chi connectivity index (χ2n) is 4.37. The summed E-state index contributed by atoms with van der Waals surface area (Å²) in [4.78, 5) is 15.3. The Morgan fingerprint density at radius 2 is 2.08 bits per heavy atom. The molecule has 124 valence electrons. The molecule has 7 nitrogen and oxygen atoms in total. The minimum atomic E-state index is -4.56. The van der Waals surface area contributed by atoms with Crippen LogP contribution in [0.4, 0.5) is 18.3 Å². The van der Waals surface area contributed by atoms with Crippen molar-refractivity contribution in [2.45, 2.75) is 6.18 Å². The van der Waals surface area contributed by atoms with Gasteiger partial charge in [-0.15, -0.1) is 21.5 Å². The van der Waals surface area contributed by atoms with Crippen LogP contribution in [-0.4, -0.2) is 30.9 Å². The summed E-state index contributed by atoms with van der Waals surface area (Å²) in [5.74, 6) is -0.329. The molecule has 3 heterocycles. The summed E-state index contributed by atoms with van der Waals surface area (Å²) in [6, 6.07) is 2.88. The van der Waals surface area contributed by atoms with Crippen LogP contribution in [0.15, 0.2) is 34.4 Å². The van der Waals surface area contributed by atoms with E-state index in [1.165, 1.54) is 16.8 Å². The molecule has 3 aromatic rings. The molecule has 12 heteroatoms. The summed E-state index contributed by atoms with van der Waals surface area (Å²) < 4.78 is 39.6. The van der Waals surface area contributed by atoms with Gasteiger partial charge in [-0.1, -0.05) is 0 Å². The fourth-order valence-corrected chi connectivity index (χ4v) is 2.61. The molecule has 0 unspecified atom stereocenters. The standard InChI is InChI=1S/C12H6BrF3N6OS/c13-6-3-17-22(4-6)9-2-1-7(20-21-9)10(23)19-11-18-8(5-24-11)12(14,15)16/h1-5H,(H,18,19,23). The number of alkyl halides is 3. The number of nitrogens with one attached hydrogen (secondary N) is 1. The van der Waals surface area contributed by atoms with Crippen molar-refractivity contribution >= 4 is 38.3 Å². The van der Waals surface area contributed by atoms with E-state index in [9.17, 15) is 18.0 Å². The van der Waals surface area contributed by atoms with E-state index in [-0.39, 0.29) is 10.8 Å². The normalized spacial score (nSPS) is 11.5. The Morgan fingerprint density at radius 3 is 2.62 bits per heavy atom. The molecule has 0 aliphatic heterocycles. The van der Waals surface area contributed by atoms with Gasteiger partial charge >= 0.3 is 6.18 Å². The smallest absolute Gasteiger partial charge is 0.296 e. The fourth-order valence-electron chi connectivity index (χ4n) is 1.62. The van der Waals surface area contributed by atoms with Crippen LogP contribution in [0.1, 0.15) is 16.2 Å². The van der Waals surface area contributed by atoms with Gasteiger partial charge in [-0.05, 0) is 28.1 Å². The maximum absolute atomic E-state index is 12.5. The summed E-state index contributed by atoms with van der Waals surface area (Å²) in [5.41, 5.74) is -1.12. The van der Waals surface area contributed by atoms with E-state index >= 15 is 0 Å². The van der Waals surface area contributed by atoms with Gasteiger partial charge in [-0.25, -0.2) is 9.67 Å². The van der Waals surface area contributed by atoms with Crippen molar-refractivity contribution in [3.8, 4) is 5.82 Å². The maximum Gasteiger partial charge on any atom is 0.434 e. The van der Waals surface area contributed by atoms with Crippen molar-refractivity contribution < 1.29 is 18.0 Å². The van der Waals surface area contributed by atoms with Crippen LogP contribution in [0.2, 0.25) is 0 Å². The predicted molar refractivity (Wildman–Crippen MR) is 81.9 cm³/mol. The number of amides is 1. The van der Waals surface area contributed by atoms with E-state index in [4.69, 9.17) is 0 Å². The third-order valence-electron chi connectivity index (χ3n) is 2.68. The number of rotatable bonds is 3. The quantitative estimate of drug-likeness (QED) is 0.705. The molecule has 0 saturated heterocycles. The number of carbonyl (C=O) groups excluding carboxylic acids is 1. The lowest BCUT2D eigenvalue weighted by Gasteiger charge is -2.03. The molecule has 0 radical (unpaired) electrons. The van der Waals surface area contributed by atoms with Crippen molar-refractivity contribution in [1.29, 1.82) is 0 Å². The van der Waals surface area contributed by atoms with Gasteiger partial charge in [0.2, 0.25) is 0 Å². The SMILES string of the molecule is O=C(Nc1nc(C(F)(F)F)cs1)c1ccc(-n2cc(Br)cn2)nn1. The third-order valence-corrected chi connectivity index (χ3v) is 3.85. The Kier molecular flexibility index (Phi) is 4.32. The molecule has 0 aliphatic carbocycles. The zero-order valence-electron chi connectivity index (χ0n) is 11.5. The third kappa shape index (κ3) is 3.59. The van der Waals surface area contributed by atoms with Gasteiger partial charge in [-0.3, -0.25) is 10.1 Å². The Labute approximate surface area is 144 Å². The van der Waals surface area contributed by atoms with E-state index in [0.717, 1.165) is 9.85 Å². The summed E-state index contributed by atoms with van der Waals surface area (Å²) in [6.45, 7) is 0. The second kappa shape index (κ2) is 6.28. The van der Waals surface area contributed by atoms with Gasteiger partial charge in [0.15, 0.2) is 22.3 Å². The van der Waals surface area contributed by atoms with Gasteiger partial charge < -0.3 is 0 Å². The van der Waals surface area contributed by atoms with Crippen molar-refractivity contribution in [2.75, 3.05) is 5.32 Å². The zero-order chi connectivity index (χ0) is 17.3. The van der Waals surface area contributed by atoms with Gasteiger partial charge in [0, 0.05) is 11.6 Å². The van der Waals surface area contributed by atoms with Crippen LogP contribution in [0.3, 0.4) is 0 Å². The monoisotopic (exact) mass is 418 g/mol. The average Bonchev–Trinajstić information content (AvgIpc) is 3.16. The highest BCUT2D eigenvalue weighted by Crippen LogP contribution is 2.31. The topological polar surface area (TPSA) is 85.6 Å². The highest BCUT2D eigenvalue weighted by atomic mass is 79.9. The number of nitrogens with zero attached hydrogens (tertiary/aromatic N) is 5. The molecule has 3 aromatic heterocycles. The molecular weight excluding hydrogens is 413 g/mol. The molecule has 0 atom stereocenters. The summed E-state index contributed by atoms with van der Waals surface area (Å²) in [7, 11) is 0. The summed E-state index contributed by atoms with van der Waals surface area (Å²) in [6.07, 6.45) is -1.35. The van der Waals surface area contributed by atoms with Gasteiger partial charge in [0.05, 0.1) is 10.7 Å². The van der Waals surface area contributed by atoms with E-state index in [1.54, 1.807) is 12.4 Å². The number of hydrogen-bond donors (Lipinski definition) is 1. The van der Waals surface area contributed by atoms with Gasteiger partial charge in [-0.2, -0.15) is 18.3 Å². The molecule has 1 N–H and O–H groups in total. The largest absolute Gasteiger partial charge is 0.434 e. The van der Waals surface area contributed by atoms with E-state index in [1.807, 2.05) is 0 Å². The molecule has 0 aliphatic rings. The number of hydrogen-bond acceptors (Lipinski definition) is 6. The minimum absolute atomic E-state index is 0.0614. The van der Waals surface area contributed by atoms with E-state index < -0.39 is 17.8 Å². The average molecular weight is 419 g/mol. The van der Waals surface area contributed by atoms with Crippen molar-refractivity contribution in [2.24, 2.45) is 0 Å². The Balaban J connectivity index is 1.72. The molecule has 3 rings (SSSR count). The molecular formula is C12H6BrF3N6OS. The van der Waals surface area contributed by atoms with E-state index in [0.29, 0.717) is 17.2 Å². The second-order valence-corrected chi connectivity index (χ2v) is 6.14. The molecule has 1 amide bonds. The van der Waals surface area contributed by atoms with Crippen LogP contribution in [-0.2, 0) is 6.18 Å². The molecule has 0 bridgehead atoms. The van der Waals surface area contributed by atoms with Crippen LogP contribution in [0.5, 0.6) is 0 Å². The number of thiazole rings is 1. The van der Waals surface area contributed by atoms with Crippen molar-refractivity contribution in [3.05, 3.63) is 45.8 Å². The first kappa shape index (κ1) is 16.5. The lowest BCUT2D eigenvalue weighted by molar-refractivity contribution is -0.140. The summed E-state index contributed by atoms with van der Waals surface area (Å²) >= 11 is 3.91. The molecule has 0 saturated carbocycles. The first-order valence-corrected chi connectivity index (χ1v) is 7.88. The van der Waals surface area contributed by atoms with Crippen molar-refractivity contribution in [3.63, 3.8) is 0 Å². The number of halogens is 4. The number of aromatic nitrogens is 5. The zero-order valence-corrected chi connectivity index (χ0v) is 13.9. The highest BCUT2D eigenvalue weighted by Gasteiger charge is 2.34. The van der Waals surface area contributed by atoms with Gasteiger partial charge in [0.1, 0.15) is 0 Å². The first-order chi connectivity index (χ1) is 11.3. The van der Waals surface area contributed by atoms with Gasteiger partial charge in [0.25, 0.3) is 5.91 Å². The van der Waals surface area contributed by atoms with E-state index in [2.05, 4.69) is 41.5 Å². The molecule has 0 aromatic carbocycles. The molecule has 24 heavy (non-hydrogen) atoms. The van der Waals surface area contributed by atoms with Crippen LogP contribution >= 0.6 is 27.3 Å². The first-order valence-electron chi connectivity index (χ1n) is 6.21. The number of carbonyl (C=O) groups is 1. The molecule has 0 spiro atoms. The lowest BCUT2D eigenvalue weighted by Crippen LogP contribution is -2.15. The Morgan fingerprint density at radius 1 is 1.29 bits per heavy atom.